The number of nitrogens with one attached hydrogen (secondary N) is 1. The van der Waals surface area contributed by atoms with Crippen molar-refractivity contribution in [3.63, 3.8) is 0 Å². The molecule has 0 radical (unpaired) electrons. The molecule has 2 nitrogen and oxygen atoms in total. The summed E-state index contributed by atoms with van der Waals surface area (Å²) >= 11 is 2.14. The first kappa shape index (κ1) is 10.2. The highest BCUT2D eigenvalue weighted by molar-refractivity contribution is 14.1. The van der Waals surface area contributed by atoms with Crippen molar-refractivity contribution < 1.29 is 4.39 Å². The summed E-state index contributed by atoms with van der Waals surface area (Å²) in [5, 5.41) is 3.28. The van der Waals surface area contributed by atoms with Gasteiger partial charge < -0.3 is 10.2 Å². The lowest BCUT2D eigenvalue weighted by atomic mass is 10.2. The van der Waals surface area contributed by atoms with Crippen molar-refractivity contribution in [3.8, 4) is 0 Å². The van der Waals surface area contributed by atoms with Gasteiger partial charge in [0.15, 0.2) is 0 Å². The molecule has 0 aliphatic carbocycles. The van der Waals surface area contributed by atoms with E-state index in [0.717, 1.165) is 35.4 Å². The summed E-state index contributed by atoms with van der Waals surface area (Å²) in [6.45, 7) is 3.87. The molecule has 1 saturated heterocycles. The van der Waals surface area contributed by atoms with Gasteiger partial charge in [-0.1, -0.05) is 0 Å². The van der Waals surface area contributed by atoms with E-state index in [1.807, 2.05) is 6.07 Å². The second-order valence-electron chi connectivity index (χ2n) is 3.36. The van der Waals surface area contributed by atoms with Gasteiger partial charge in [0.05, 0.1) is 0 Å². The molecule has 2 rings (SSSR count). The molecule has 1 aromatic carbocycles. The van der Waals surface area contributed by atoms with Crippen LogP contribution in [0.2, 0.25) is 0 Å². The third-order valence-electron chi connectivity index (χ3n) is 2.33. The van der Waals surface area contributed by atoms with Gasteiger partial charge in [0.25, 0.3) is 0 Å². The third-order valence-corrected chi connectivity index (χ3v) is 2.95. The maximum Gasteiger partial charge on any atom is 0.126 e. The van der Waals surface area contributed by atoms with E-state index in [4.69, 9.17) is 0 Å². The molecular weight excluding hydrogens is 294 g/mol. The van der Waals surface area contributed by atoms with Crippen molar-refractivity contribution in [1.82, 2.24) is 5.32 Å². The second-order valence-corrected chi connectivity index (χ2v) is 4.61. The lowest BCUT2D eigenvalue weighted by Crippen LogP contribution is -2.43. The van der Waals surface area contributed by atoms with E-state index < -0.39 is 0 Å². The van der Waals surface area contributed by atoms with Crippen LogP contribution < -0.4 is 10.2 Å². The van der Waals surface area contributed by atoms with Crippen LogP contribution in [0.5, 0.6) is 0 Å². The van der Waals surface area contributed by atoms with E-state index in [9.17, 15) is 4.39 Å². The standard InChI is InChI=1S/C10H12FIN2/c11-8-5-9(12)7-10(6-8)14-3-1-13-2-4-14/h5-7,13H,1-4H2. The van der Waals surface area contributed by atoms with Crippen LogP contribution in [-0.4, -0.2) is 26.2 Å². The van der Waals surface area contributed by atoms with E-state index in [-0.39, 0.29) is 5.82 Å². The van der Waals surface area contributed by atoms with Gasteiger partial charge >= 0.3 is 0 Å². The minimum atomic E-state index is -0.148. The number of hydrogen-bond donors (Lipinski definition) is 1. The first-order chi connectivity index (χ1) is 6.75. The zero-order valence-electron chi connectivity index (χ0n) is 7.76. The molecule has 0 saturated carbocycles. The van der Waals surface area contributed by atoms with E-state index in [2.05, 4.69) is 32.8 Å². The van der Waals surface area contributed by atoms with Crippen molar-refractivity contribution >= 4 is 28.3 Å². The third kappa shape index (κ3) is 2.36. The van der Waals surface area contributed by atoms with Crippen LogP contribution in [0.1, 0.15) is 0 Å². The van der Waals surface area contributed by atoms with E-state index >= 15 is 0 Å². The summed E-state index contributed by atoms with van der Waals surface area (Å²) < 4.78 is 14.1. The Bertz CT molecular complexity index is 304. The van der Waals surface area contributed by atoms with Gasteiger partial charge in [-0.05, 0) is 40.8 Å². The molecule has 1 aliphatic rings. The molecule has 0 atom stereocenters. The zero-order valence-corrected chi connectivity index (χ0v) is 9.92. The lowest BCUT2D eigenvalue weighted by molar-refractivity contribution is 0.584. The average molecular weight is 306 g/mol. The van der Waals surface area contributed by atoms with Gasteiger partial charge in [0.1, 0.15) is 5.82 Å². The van der Waals surface area contributed by atoms with Crippen LogP contribution in [0, 0.1) is 9.39 Å². The van der Waals surface area contributed by atoms with Crippen molar-refractivity contribution in [3.05, 3.63) is 27.6 Å². The van der Waals surface area contributed by atoms with Gasteiger partial charge in [-0.15, -0.1) is 0 Å². The van der Waals surface area contributed by atoms with Gasteiger partial charge in [-0.25, -0.2) is 4.39 Å². The van der Waals surface area contributed by atoms with Gasteiger partial charge in [0, 0.05) is 35.4 Å². The first-order valence-corrected chi connectivity index (χ1v) is 5.75. The van der Waals surface area contributed by atoms with Crippen molar-refractivity contribution in [2.24, 2.45) is 0 Å². The number of hydrogen-bond acceptors (Lipinski definition) is 2. The minimum Gasteiger partial charge on any atom is -0.369 e. The summed E-state index contributed by atoms with van der Waals surface area (Å²) in [7, 11) is 0. The Kier molecular flexibility index (Phi) is 3.22. The summed E-state index contributed by atoms with van der Waals surface area (Å²) in [6, 6.07) is 5.18. The Morgan fingerprint density at radius 2 is 1.93 bits per heavy atom. The molecular formula is C10H12FIN2. The fourth-order valence-electron chi connectivity index (χ4n) is 1.64. The van der Waals surface area contributed by atoms with E-state index in [1.54, 1.807) is 12.1 Å². The lowest BCUT2D eigenvalue weighted by Gasteiger charge is -2.29. The number of piperazine rings is 1. The van der Waals surface area contributed by atoms with Gasteiger partial charge in [0.2, 0.25) is 0 Å². The Balaban J connectivity index is 2.21. The van der Waals surface area contributed by atoms with Crippen molar-refractivity contribution in [2.75, 3.05) is 31.1 Å². The molecule has 1 N–H and O–H groups in total. The monoisotopic (exact) mass is 306 g/mol. The topological polar surface area (TPSA) is 15.3 Å². The highest BCUT2D eigenvalue weighted by atomic mass is 127. The predicted molar refractivity (Wildman–Crippen MR) is 64.2 cm³/mol. The summed E-state index contributed by atoms with van der Waals surface area (Å²) in [4.78, 5) is 2.21. The van der Waals surface area contributed by atoms with Crippen LogP contribution in [0.4, 0.5) is 10.1 Å². The summed E-state index contributed by atoms with van der Waals surface area (Å²) in [5.74, 6) is -0.148. The van der Waals surface area contributed by atoms with Crippen LogP contribution >= 0.6 is 22.6 Å². The second kappa shape index (κ2) is 4.44. The summed E-state index contributed by atoms with van der Waals surface area (Å²) in [6.07, 6.45) is 0. The summed E-state index contributed by atoms with van der Waals surface area (Å²) in [5.41, 5.74) is 0.996. The normalized spacial score (nSPS) is 17.1. The SMILES string of the molecule is Fc1cc(I)cc(N2CCNCC2)c1. The maximum atomic E-state index is 13.1. The first-order valence-electron chi connectivity index (χ1n) is 4.67. The Morgan fingerprint density at radius 3 is 2.57 bits per heavy atom. The molecule has 0 unspecified atom stereocenters. The zero-order chi connectivity index (χ0) is 9.97. The molecule has 14 heavy (non-hydrogen) atoms. The predicted octanol–water partition coefficient (Wildman–Crippen LogP) is 1.84. The van der Waals surface area contributed by atoms with Crippen LogP contribution in [0.3, 0.4) is 0 Å². The number of nitrogens with zero attached hydrogens (tertiary/aromatic N) is 1. The van der Waals surface area contributed by atoms with Crippen LogP contribution in [0.15, 0.2) is 18.2 Å². The largest absolute Gasteiger partial charge is 0.369 e. The molecule has 0 amide bonds. The molecule has 1 aliphatic heterocycles. The van der Waals surface area contributed by atoms with Gasteiger partial charge in [-0.2, -0.15) is 0 Å². The number of anilines is 1. The molecule has 0 aromatic heterocycles. The van der Waals surface area contributed by atoms with E-state index in [0.29, 0.717) is 0 Å². The van der Waals surface area contributed by atoms with E-state index in [1.165, 1.54) is 0 Å². The van der Waals surface area contributed by atoms with Crippen LogP contribution in [0.25, 0.3) is 0 Å². The highest BCUT2D eigenvalue weighted by Crippen LogP contribution is 2.20. The molecule has 0 bridgehead atoms. The number of rotatable bonds is 1. The molecule has 76 valence electrons. The highest BCUT2D eigenvalue weighted by Gasteiger charge is 2.11. The molecule has 1 fully saturated rings. The fraction of sp³-hybridized carbons (Fsp3) is 0.400. The minimum absolute atomic E-state index is 0.148. The fourth-order valence-corrected chi connectivity index (χ4v) is 2.26. The molecule has 4 heteroatoms. The number of halogens is 2. The van der Waals surface area contributed by atoms with Crippen molar-refractivity contribution in [1.29, 1.82) is 0 Å². The average Bonchev–Trinajstić information content (AvgIpc) is 2.18. The molecule has 0 spiro atoms. The maximum absolute atomic E-state index is 13.1. The quantitative estimate of drug-likeness (QED) is 0.797. The smallest absolute Gasteiger partial charge is 0.126 e. The Labute approximate surface area is 96.6 Å². The molecule has 1 heterocycles. The Hall–Kier alpha value is -0.360. The van der Waals surface area contributed by atoms with Crippen LogP contribution in [-0.2, 0) is 0 Å². The Morgan fingerprint density at radius 1 is 1.21 bits per heavy atom. The molecule has 1 aromatic rings. The van der Waals surface area contributed by atoms with Crippen molar-refractivity contribution in [2.45, 2.75) is 0 Å². The number of benzene rings is 1. The van der Waals surface area contributed by atoms with Gasteiger partial charge in [-0.3, -0.25) is 0 Å².